The van der Waals surface area contributed by atoms with Crippen LogP contribution in [0, 0.1) is 0 Å². The van der Waals surface area contributed by atoms with Gasteiger partial charge in [0.25, 0.3) is 5.91 Å². The number of nitrogens with one attached hydrogen (secondary N) is 1. The van der Waals surface area contributed by atoms with Crippen LogP contribution in [0.2, 0.25) is 0 Å². The van der Waals surface area contributed by atoms with Crippen molar-refractivity contribution in [3.63, 3.8) is 0 Å². The van der Waals surface area contributed by atoms with E-state index in [1.807, 2.05) is 73.7 Å². The second-order valence-corrected chi connectivity index (χ2v) is 6.66. The first-order valence-corrected chi connectivity index (χ1v) is 9.48. The van der Waals surface area contributed by atoms with Crippen molar-refractivity contribution in [1.82, 2.24) is 5.32 Å². The fraction of sp³-hybridized carbons (Fsp3) is 0.208. The summed E-state index contributed by atoms with van der Waals surface area (Å²) in [5, 5.41) is 2.95. The molecule has 150 valence electrons. The summed E-state index contributed by atoms with van der Waals surface area (Å²) < 4.78 is 16.6. The summed E-state index contributed by atoms with van der Waals surface area (Å²) in [6.45, 7) is 2.72. The minimum absolute atomic E-state index is 0.154. The maximum Gasteiger partial charge on any atom is 0.251 e. The summed E-state index contributed by atoms with van der Waals surface area (Å²) in [4.78, 5) is 12.5. The van der Waals surface area contributed by atoms with Gasteiger partial charge in [0.2, 0.25) is 0 Å². The second-order valence-electron chi connectivity index (χ2n) is 6.66. The number of benzene rings is 3. The van der Waals surface area contributed by atoms with Crippen molar-refractivity contribution in [3.8, 4) is 17.2 Å². The van der Waals surface area contributed by atoms with Crippen molar-refractivity contribution in [1.29, 1.82) is 0 Å². The average molecular weight is 391 g/mol. The molecular weight excluding hydrogens is 366 g/mol. The lowest BCUT2D eigenvalue weighted by Gasteiger charge is -2.16. The molecule has 0 aromatic heterocycles. The fourth-order valence-electron chi connectivity index (χ4n) is 2.71. The molecule has 3 rings (SSSR count). The van der Waals surface area contributed by atoms with Gasteiger partial charge in [0.15, 0.2) is 0 Å². The van der Waals surface area contributed by atoms with Gasteiger partial charge in [0, 0.05) is 5.56 Å². The van der Waals surface area contributed by atoms with E-state index in [0.717, 1.165) is 17.1 Å². The van der Waals surface area contributed by atoms with Crippen molar-refractivity contribution in [2.45, 2.75) is 19.6 Å². The predicted octanol–water partition coefficient (Wildman–Crippen LogP) is 4.47. The Morgan fingerprint density at radius 2 is 1.59 bits per heavy atom. The number of methoxy groups -OCH3 is 1. The van der Waals surface area contributed by atoms with Gasteiger partial charge in [0.05, 0.1) is 13.2 Å². The van der Waals surface area contributed by atoms with Crippen LogP contribution in [0.3, 0.4) is 0 Å². The highest BCUT2D eigenvalue weighted by atomic mass is 16.5. The maximum atomic E-state index is 12.5. The summed E-state index contributed by atoms with van der Waals surface area (Å²) in [6.07, 6.45) is 0. The fourth-order valence-corrected chi connectivity index (χ4v) is 2.71. The average Bonchev–Trinajstić information content (AvgIpc) is 2.77. The topological polar surface area (TPSA) is 56.8 Å². The number of ether oxygens (including phenoxy) is 3. The van der Waals surface area contributed by atoms with Gasteiger partial charge in [-0.05, 0) is 55.0 Å². The molecule has 0 unspecified atom stereocenters. The number of hydrogen-bond acceptors (Lipinski definition) is 4. The Balaban J connectivity index is 1.50. The molecule has 0 bridgehead atoms. The highest BCUT2D eigenvalue weighted by Gasteiger charge is 2.11. The van der Waals surface area contributed by atoms with Gasteiger partial charge >= 0.3 is 0 Å². The molecule has 5 heteroatoms. The standard InChI is InChI=1S/C24H25NO4/c1-18(16-28-22-13-11-21(27-2)12-14-22)25-24(26)20-9-6-10-23(15-20)29-17-19-7-4-3-5-8-19/h3-15,18H,16-17H2,1-2H3,(H,25,26)/t18-/m0/s1. The van der Waals surface area contributed by atoms with Crippen LogP contribution in [0.4, 0.5) is 0 Å². The van der Waals surface area contributed by atoms with Gasteiger partial charge in [-0.25, -0.2) is 0 Å². The van der Waals surface area contributed by atoms with Crippen LogP contribution in [0.25, 0.3) is 0 Å². The summed E-state index contributed by atoms with van der Waals surface area (Å²) in [5.74, 6) is 1.99. The highest BCUT2D eigenvalue weighted by Crippen LogP contribution is 2.18. The van der Waals surface area contributed by atoms with Crippen LogP contribution < -0.4 is 19.5 Å². The van der Waals surface area contributed by atoms with Crippen LogP contribution in [-0.2, 0) is 6.61 Å². The maximum absolute atomic E-state index is 12.5. The molecule has 5 nitrogen and oxygen atoms in total. The molecule has 1 N–H and O–H groups in total. The Morgan fingerprint density at radius 3 is 2.31 bits per heavy atom. The van der Waals surface area contributed by atoms with E-state index in [1.165, 1.54) is 0 Å². The summed E-state index contributed by atoms with van der Waals surface area (Å²) >= 11 is 0. The van der Waals surface area contributed by atoms with Gasteiger partial charge in [-0.2, -0.15) is 0 Å². The van der Waals surface area contributed by atoms with E-state index in [2.05, 4.69) is 5.32 Å². The van der Waals surface area contributed by atoms with Crippen molar-refractivity contribution in [2.24, 2.45) is 0 Å². The van der Waals surface area contributed by atoms with Crippen molar-refractivity contribution in [2.75, 3.05) is 13.7 Å². The third-order valence-electron chi connectivity index (χ3n) is 4.28. The lowest BCUT2D eigenvalue weighted by Crippen LogP contribution is -2.36. The zero-order chi connectivity index (χ0) is 20.5. The Kier molecular flexibility index (Phi) is 7.11. The van der Waals surface area contributed by atoms with Crippen LogP contribution in [-0.4, -0.2) is 25.7 Å². The molecule has 3 aromatic carbocycles. The molecule has 1 atom stereocenters. The largest absolute Gasteiger partial charge is 0.497 e. The molecule has 0 aliphatic rings. The Bertz CT molecular complexity index is 910. The van der Waals surface area contributed by atoms with E-state index in [0.29, 0.717) is 24.5 Å². The third-order valence-corrected chi connectivity index (χ3v) is 4.28. The number of hydrogen-bond donors (Lipinski definition) is 1. The zero-order valence-electron chi connectivity index (χ0n) is 16.6. The number of carbonyl (C=O) groups excluding carboxylic acids is 1. The zero-order valence-corrected chi connectivity index (χ0v) is 16.6. The third kappa shape index (κ3) is 6.28. The lowest BCUT2D eigenvalue weighted by atomic mass is 10.2. The van der Waals surface area contributed by atoms with Gasteiger partial charge in [-0.3, -0.25) is 4.79 Å². The Labute approximate surface area is 171 Å². The number of carbonyl (C=O) groups is 1. The summed E-state index contributed by atoms with van der Waals surface area (Å²) in [6, 6.07) is 24.3. The van der Waals surface area contributed by atoms with E-state index in [-0.39, 0.29) is 11.9 Å². The molecule has 0 radical (unpaired) electrons. The van der Waals surface area contributed by atoms with Gasteiger partial charge < -0.3 is 19.5 Å². The number of amides is 1. The molecule has 29 heavy (non-hydrogen) atoms. The second kappa shape index (κ2) is 10.2. The number of rotatable bonds is 9. The first kappa shape index (κ1) is 20.3. The normalized spacial score (nSPS) is 11.4. The molecule has 0 aliphatic heterocycles. The molecule has 0 saturated heterocycles. The van der Waals surface area contributed by atoms with Crippen molar-refractivity contribution >= 4 is 5.91 Å². The SMILES string of the molecule is COc1ccc(OC[C@H](C)NC(=O)c2cccc(OCc3ccccc3)c2)cc1. The van der Waals surface area contributed by atoms with Crippen LogP contribution in [0.15, 0.2) is 78.9 Å². The van der Waals surface area contributed by atoms with Crippen molar-refractivity contribution in [3.05, 3.63) is 90.0 Å². The monoisotopic (exact) mass is 391 g/mol. The Hall–Kier alpha value is -3.47. The minimum atomic E-state index is -0.166. The molecule has 1 amide bonds. The molecule has 0 aliphatic carbocycles. The Morgan fingerprint density at radius 1 is 0.862 bits per heavy atom. The molecular formula is C24H25NO4. The van der Waals surface area contributed by atoms with Gasteiger partial charge in [-0.15, -0.1) is 0 Å². The van der Waals surface area contributed by atoms with Crippen molar-refractivity contribution < 1.29 is 19.0 Å². The van der Waals surface area contributed by atoms with Gasteiger partial charge in [-0.1, -0.05) is 36.4 Å². The van der Waals surface area contributed by atoms with E-state index in [4.69, 9.17) is 14.2 Å². The first-order chi connectivity index (χ1) is 14.1. The lowest BCUT2D eigenvalue weighted by molar-refractivity contribution is 0.0926. The molecule has 3 aromatic rings. The van der Waals surface area contributed by atoms with Crippen LogP contribution in [0.1, 0.15) is 22.8 Å². The first-order valence-electron chi connectivity index (χ1n) is 9.48. The molecule has 0 spiro atoms. The van der Waals surface area contributed by atoms with E-state index in [1.54, 1.807) is 19.2 Å². The van der Waals surface area contributed by atoms with E-state index < -0.39 is 0 Å². The van der Waals surface area contributed by atoms with Crippen LogP contribution >= 0.6 is 0 Å². The minimum Gasteiger partial charge on any atom is -0.497 e. The summed E-state index contributed by atoms with van der Waals surface area (Å²) in [5.41, 5.74) is 1.62. The summed E-state index contributed by atoms with van der Waals surface area (Å²) in [7, 11) is 1.62. The predicted molar refractivity (Wildman–Crippen MR) is 113 cm³/mol. The van der Waals surface area contributed by atoms with Gasteiger partial charge in [0.1, 0.15) is 30.5 Å². The molecule has 0 heterocycles. The van der Waals surface area contributed by atoms with E-state index in [9.17, 15) is 4.79 Å². The quantitative estimate of drug-likeness (QED) is 0.585. The van der Waals surface area contributed by atoms with Crippen LogP contribution in [0.5, 0.6) is 17.2 Å². The highest BCUT2D eigenvalue weighted by molar-refractivity contribution is 5.94. The molecule has 0 fully saturated rings. The molecule has 0 saturated carbocycles. The smallest absolute Gasteiger partial charge is 0.251 e. The van der Waals surface area contributed by atoms with E-state index >= 15 is 0 Å².